The van der Waals surface area contributed by atoms with Crippen LogP contribution in [0.15, 0.2) is 34.9 Å². The Kier molecular flexibility index (Phi) is 7.80. The van der Waals surface area contributed by atoms with Crippen LogP contribution >= 0.6 is 11.6 Å². The molecule has 0 aliphatic carbocycles. The molecule has 0 unspecified atom stereocenters. The van der Waals surface area contributed by atoms with Gasteiger partial charge in [0, 0.05) is 61.4 Å². The fraction of sp³-hybridized carbons (Fsp3) is 0.519. The van der Waals surface area contributed by atoms with Crippen LogP contribution in [0.1, 0.15) is 49.7 Å². The first-order valence-electron chi connectivity index (χ1n) is 13.3. The number of likely N-dealkylation sites (tertiary alicyclic amines) is 1. The Labute approximate surface area is 228 Å². The van der Waals surface area contributed by atoms with Crippen LogP contribution in [0.5, 0.6) is 0 Å². The van der Waals surface area contributed by atoms with Gasteiger partial charge in [-0.05, 0) is 64.8 Å². The van der Waals surface area contributed by atoms with E-state index in [1.54, 1.807) is 30.5 Å². The van der Waals surface area contributed by atoms with Crippen LogP contribution in [-0.2, 0) is 0 Å². The average molecular weight is 539 g/mol. The van der Waals surface area contributed by atoms with Crippen molar-refractivity contribution in [3.05, 3.63) is 46.7 Å². The summed E-state index contributed by atoms with van der Waals surface area (Å²) >= 11 is 5.98. The SMILES string of the molecule is CCNc1nnc(-c2cnc(N3C[C@H](C)N(C4CCN(C(=O)c5ccc(Cl)cc5)CC4)C[C@H]3C)c(C)n2)o1. The smallest absolute Gasteiger partial charge is 0.315 e. The van der Waals surface area contributed by atoms with Gasteiger partial charge in [0.2, 0.25) is 0 Å². The molecule has 1 amide bonds. The summed E-state index contributed by atoms with van der Waals surface area (Å²) in [6.45, 7) is 12.5. The summed E-state index contributed by atoms with van der Waals surface area (Å²) in [6, 6.07) is 8.63. The Hall–Kier alpha value is -3.24. The van der Waals surface area contributed by atoms with Gasteiger partial charge in [0.1, 0.15) is 11.5 Å². The number of hydrogen-bond acceptors (Lipinski definition) is 9. The molecule has 202 valence electrons. The third kappa shape index (κ3) is 5.47. The van der Waals surface area contributed by atoms with Crippen molar-refractivity contribution in [3.63, 3.8) is 0 Å². The van der Waals surface area contributed by atoms with Crippen LogP contribution in [0.4, 0.5) is 11.8 Å². The lowest BCUT2D eigenvalue weighted by molar-refractivity contribution is 0.0479. The number of aromatic nitrogens is 4. The molecule has 10 nitrogen and oxygen atoms in total. The highest BCUT2D eigenvalue weighted by molar-refractivity contribution is 6.30. The van der Waals surface area contributed by atoms with Crippen molar-refractivity contribution < 1.29 is 9.21 Å². The van der Waals surface area contributed by atoms with Gasteiger partial charge in [-0.3, -0.25) is 9.69 Å². The second-order valence-corrected chi connectivity index (χ2v) is 10.6. The molecule has 2 aromatic heterocycles. The summed E-state index contributed by atoms with van der Waals surface area (Å²) in [4.78, 5) is 29.3. The molecule has 2 atom stereocenters. The van der Waals surface area contributed by atoms with Crippen molar-refractivity contribution in [3.8, 4) is 11.6 Å². The maximum Gasteiger partial charge on any atom is 0.315 e. The molecule has 1 N–H and O–H groups in total. The molecule has 3 aromatic rings. The summed E-state index contributed by atoms with van der Waals surface area (Å²) in [7, 11) is 0. The summed E-state index contributed by atoms with van der Waals surface area (Å²) in [5, 5.41) is 11.7. The number of aryl methyl sites for hydroxylation is 1. The van der Waals surface area contributed by atoms with Crippen molar-refractivity contribution in [2.45, 2.75) is 58.7 Å². The van der Waals surface area contributed by atoms with E-state index in [2.05, 4.69) is 39.2 Å². The zero-order valence-electron chi connectivity index (χ0n) is 22.4. The van der Waals surface area contributed by atoms with E-state index >= 15 is 0 Å². The van der Waals surface area contributed by atoms with E-state index in [9.17, 15) is 4.79 Å². The molecule has 5 rings (SSSR count). The molecule has 4 heterocycles. The van der Waals surface area contributed by atoms with E-state index < -0.39 is 0 Å². The molecule has 0 saturated carbocycles. The number of hydrogen-bond donors (Lipinski definition) is 1. The van der Waals surface area contributed by atoms with Crippen molar-refractivity contribution in [2.24, 2.45) is 0 Å². The van der Waals surface area contributed by atoms with Crippen molar-refractivity contribution in [2.75, 3.05) is 42.9 Å². The van der Waals surface area contributed by atoms with Gasteiger partial charge in [-0.1, -0.05) is 16.7 Å². The minimum Gasteiger partial charge on any atom is -0.402 e. The number of carbonyl (C=O) groups is 1. The highest BCUT2D eigenvalue weighted by Gasteiger charge is 2.36. The van der Waals surface area contributed by atoms with Crippen LogP contribution in [-0.4, -0.2) is 86.7 Å². The topological polar surface area (TPSA) is 104 Å². The Balaban J connectivity index is 1.20. The number of halogens is 1. The van der Waals surface area contributed by atoms with E-state index in [4.69, 9.17) is 26.0 Å². The number of piperidine rings is 1. The van der Waals surface area contributed by atoms with E-state index in [1.807, 2.05) is 18.7 Å². The normalized spacial score (nSPS) is 21.1. The van der Waals surface area contributed by atoms with Crippen LogP contribution in [0.2, 0.25) is 5.02 Å². The van der Waals surface area contributed by atoms with Gasteiger partial charge in [0.15, 0.2) is 0 Å². The van der Waals surface area contributed by atoms with Crippen molar-refractivity contribution in [1.82, 2.24) is 30.0 Å². The first-order chi connectivity index (χ1) is 18.3. The second-order valence-electron chi connectivity index (χ2n) is 10.2. The molecular weight excluding hydrogens is 504 g/mol. The van der Waals surface area contributed by atoms with Gasteiger partial charge in [0.25, 0.3) is 11.8 Å². The van der Waals surface area contributed by atoms with Gasteiger partial charge in [-0.15, -0.1) is 5.10 Å². The maximum atomic E-state index is 12.9. The number of rotatable bonds is 6. The molecular formula is C27H35ClN8O2. The number of carbonyl (C=O) groups excluding carboxylic acids is 1. The fourth-order valence-corrected chi connectivity index (χ4v) is 5.67. The molecule has 0 spiro atoms. The monoisotopic (exact) mass is 538 g/mol. The maximum absolute atomic E-state index is 12.9. The lowest BCUT2D eigenvalue weighted by Crippen LogP contribution is -2.61. The van der Waals surface area contributed by atoms with Crippen LogP contribution in [0.3, 0.4) is 0 Å². The predicted molar refractivity (Wildman–Crippen MR) is 148 cm³/mol. The second kappa shape index (κ2) is 11.2. The quantitative estimate of drug-likeness (QED) is 0.496. The minimum absolute atomic E-state index is 0.0854. The molecule has 0 radical (unpaired) electrons. The van der Waals surface area contributed by atoms with Gasteiger partial charge in [-0.25, -0.2) is 9.97 Å². The first kappa shape index (κ1) is 26.4. The van der Waals surface area contributed by atoms with Crippen molar-refractivity contribution >= 4 is 29.3 Å². The summed E-state index contributed by atoms with van der Waals surface area (Å²) < 4.78 is 5.64. The van der Waals surface area contributed by atoms with Gasteiger partial charge < -0.3 is 19.5 Å². The lowest BCUT2D eigenvalue weighted by atomic mass is 9.97. The highest BCUT2D eigenvalue weighted by atomic mass is 35.5. The zero-order chi connectivity index (χ0) is 26.8. The molecule has 2 fully saturated rings. The predicted octanol–water partition coefficient (Wildman–Crippen LogP) is 4.12. The summed E-state index contributed by atoms with van der Waals surface area (Å²) in [5.41, 5.74) is 2.11. The Morgan fingerprint density at radius 1 is 1.11 bits per heavy atom. The van der Waals surface area contributed by atoms with E-state index in [0.29, 0.717) is 46.8 Å². The third-order valence-corrected chi connectivity index (χ3v) is 7.76. The third-order valence-electron chi connectivity index (χ3n) is 7.51. The standard InChI is InChI=1S/C27H35ClN8O2/c1-5-29-27-33-32-25(38-27)23-14-30-24(19(4)31-23)36-16-17(2)35(15-18(36)3)22-10-12-34(13-11-22)26(37)20-6-8-21(28)9-7-20/h6-9,14,17-18,22H,5,10-13,15-16H2,1-4H3,(H,29,33)/t17-,18+/m0/s1. The summed E-state index contributed by atoms with van der Waals surface area (Å²) in [5.74, 6) is 1.33. The number of piperazine rings is 1. The molecule has 1 aromatic carbocycles. The lowest BCUT2D eigenvalue weighted by Gasteiger charge is -2.49. The molecule has 0 bridgehead atoms. The molecule has 2 saturated heterocycles. The number of amides is 1. The first-order valence-corrected chi connectivity index (χ1v) is 13.7. The van der Waals surface area contributed by atoms with Crippen LogP contribution < -0.4 is 10.2 Å². The zero-order valence-corrected chi connectivity index (χ0v) is 23.1. The number of nitrogens with zero attached hydrogens (tertiary/aromatic N) is 7. The molecule has 2 aliphatic heterocycles. The number of anilines is 2. The van der Waals surface area contributed by atoms with Crippen LogP contribution in [0, 0.1) is 6.92 Å². The Bertz CT molecular complexity index is 1260. The Morgan fingerprint density at radius 2 is 1.84 bits per heavy atom. The highest BCUT2D eigenvalue weighted by Crippen LogP contribution is 2.29. The fourth-order valence-electron chi connectivity index (χ4n) is 5.54. The van der Waals surface area contributed by atoms with Gasteiger partial charge in [0.05, 0.1) is 11.9 Å². The van der Waals surface area contributed by atoms with E-state index in [-0.39, 0.29) is 11.9 Å². The largest absolute Gasteiger partial charge is 0.402 e. The number of nitrogens with one attached hydrogen (secondary N) is 1. The van der Waals surface area contributed by atoms with Gasteiger partial charge in [-0.2, -0.15) is 0 Å². The molecule has 2 aliphatic rings. The van der Waals surface area contributed by atoms with E-state index in [1.165, 1.54) is 0 Å². The van der Waals surface area contributed by atoms with Crippen LogP contribution in [0.25, 0.3) is 11.6 Å². The molecule has 38 heavy (non-hydrogen) atoms. The Morgan fingerprint density at radius 3 is 2.53 bits per heavy atom. The number of benzene rings is 1. The van der Waals surface area contributed by atoms with Crippen molar-refractivity contribution in [1.29, 1.82) is 0 Å². The average Bonchev–Trinajstić information content (AvgIpc) is 3.39. The van der Waals surface area contributed by atoms with Gasteiger partial charge >= 0.3 is 6.01 Å². The summed E-state index contributed by atoms with van der Waals surface area (Å²) in [6.07, 6.45) is 3.66. The minimum atomic E-state index is 0.0854. The van der Waals surface area contributed by atoms with E-state index in [0.717, 1.165) is 50.5 Å². The molecule has 11 heteroatoms.